The van der Waals surface area contributed by atoms with E-state index >= 15 is 0 Å². The van der Waals surface area contributed by atoms with Gasteiger partial charge in [0, 0.05) is 0 Å². The van der Waals surface area contributed by atoms with Crippen LogP contribution in [0.4, 0.5) is 0 Å². The normalized spacial score (nSPS) is 11.2. The van der Waals surface area contributed by atoms with Gasteiger partial charge in [0.15, 0.2) is 0 Å². The van der Waals surface area contributed by atoms with Gasteiger partial charge in [-0.2, -0.15) is 0 Å². The van der Waals surface area contributed by atoms with E-state index in [1.807, 2.05) is 0 Å². The Bertz CT molecular complexity index is 54.3. The van der Waals surface area contributed by atoms with Gasteiger partial charge in [0.25, 0.3) is 0 Å². The summed E-state index contributed by atoms with van der Waals surface area (Å²) in [5.41, 5.74) is 1.51. The SMILES string of the molecule is [SiH2]=CC(Cl)(Cl)Cl. The van der Waals surface area contributed by atoms with Crippen LogP contribution < -0.4 is 0 Å². The monoisotopic (exact) mass is 160 g/mol. The minimum atomic E-state index is -1.15. The lowest BCUT2D eigenvalue weighted by Gasteiger charge is -1.98. The molecule has 0 bridgehead atoms. The van der Waals surface area contributed by atoms with Gasteiger partial charge in [-0.3, -0.25) is 0 Å². The Morgan fingerprint density at radius 2 is 1.50 bits per heavy atom. The van der Waals surface area contributed by atoms with E-state index in [1.54, 1.807) is 0 Å². The molecule has 0 amide bonds. The van der Waals surface area contributed by atoms with Crippen molar-refractivity contribution in [2.24, 2.45) is 0 Å². The Balaban J connectivity index is 3.45. The summed E-state index contributed by atoms with van der Waals surface area (Å²) >= 11 is 15.6. The van der Waals surface area contributed by atoms with Gasteiger partial charge in [-0.25, -0.2) is 0 Å². The molecule has 0 aliphatic carbocycles. The van der Waals surface area contributed by atoms with Gasteiger partial charge >= 0.3 is 0 Å². The van der Waals surface area contributed by atoms with Crippen molar-refractivity contribution in [3.8, 4) is 0 Å². The summed E-state index contributed by atoms with van der Waals surface area (Å²) in [5.74, 6) is 0. The highest BCUT2D eigenvalue weighted by atomic mass is 35.6. The third-order valence-corrected chi connectivity index (χ3v) is 2.08. The maximum atomic E-state index is 5.20. The van der Waals surface area contributed by atoms with Crippen LogP contribution in [0.3, 0.4) is 0 Å². The van der Waals surface area contributed by atoms with Crippen LogP contribution >= 0.6 is 34.8 Å². The van der Waals surface area contributed by atoms with Crippen LogP contribution in [0.1, 0.15) is 0 Å². The first-order valence-corrected chi connectivity index (χ1v) is 3.21. The van der Waals surface area contributed by atoms with E-state index < -0.39 is 3.79 Å². The molecule has 0 radical (unpaired) electrons. The average Bonchev–Trinajstić information content (AvgIpc) is 1.35. The van der Waals surface area contributed by atoms with Gasteiger partial charge < -0.3 is 0 Å². The Hall–Kier alpha value is 0.957. The maximum Gasteiger partial charge on any atom is 0.204 e. The van der Waals surface area contributed by atoms with E-state index in [-0.39, 0.29) is 0 Å². The molecule has 0 N–H and O–H groups in total. The van der Waals surface area contributed by atoms with E-state index in [4.69, 9.17) is 34.8 Å². The zero-order valence-electron chi connectivity index (χ0n) is 2.92. The summed E-state index contributed by atoms with van der Waals surface area (Å²) in [5, 5.41) is 0. The molecule has 0 aromatic heterocycles. The highest BCUT2D eigenvalue weighted by molar-refractivity contribution is 6.78. The van der Waals surface area contributed by atoms with E-state index in [1.165, 1.54) is 15.5 Å². The van der Waals surface area contributed by atoms with E-state index in [0.29, 0.717) is 0 Å². The van der Waals surface area contributed by atoms with Crippen molar-refractivity contribution < 1.29 is 0 Å². The molecule has 0 aliphatic heterocycles. The predicted octanol–water partition coefficient (Wildman–Crippen LogP) is 0.792. The Kier molecular flexibility index (Phi) is 2.68. The number of hydrogen-bond acceptors (Lipinski definition) is 0. The molecule has 0 unspecified atom stereocenters. The number of halogens is 3. The zero-order chi connectivity index (χ0) is 5.21. The quantitative estimate of drug-likeness (QED) is 0.364. The van der Waals surface area contributed by atoms with E-state index in [2.05, 4.69) is 0 Å². The summed E-state index contributed by atoms with van der Waals surface area (Å²) in [7, 11) is 1.52. The molecule has 6 heavy (non-hydrogen) atoms. The average molecular weight is 161 g/mol. The molecular formula is C2H3Cl3Si. The van der Waals surface area contributed by atoms with Crippen molar-refractivity contribution in [1.82, 2.24) is 0 Å². The smallest absolute Gasteiger partial charge is 0.0796 e. The van der Waals surface area contributed by atoms with Crippen molar-refractivity contribution in [2.45, 2.75) is 3.79 Å². The third kappa shape index (κ3) is 4.96. The second-order valence-electron chi connectivity index (χ2n) is 0.746. The first-order valence-electron chi connectivity index (χ1n) is 1.26. The minimum Gasteiger partial charge on any atom is -0.0796 e. The lowest BCUT2D eigenvalue weighted by atomic mass is 10.9. The number of hydrogen-bond donors (Lipinski definition) is 0. The number of rotatable bonds is 0. The molecule has 0 nitrogen and oxygen atoms in total. The molecule has 0 rings (SSSR count). The van der Waals surface area contributed by atoms with E-state index in [0.717, 1.165) is 0 Å². The molecule has 36 valence electrons. The van der Waals surface area contributed by atoms with Crippen LogP contribution in [0.25, 0.3) is 0 Å². The largest absolute Gasteiger partial charge is 0.204 e. The minimum absolute atomic E-state index is 1.15. The highest BCUT2D eigenvalue weighted by Gasteiger charge is 2.10. The second-order valence-corrected chi connectivity index (χ2v) is 3.52. The Labute approximate surface area is 54.4 Å². The molecule has 0 saturated heterocycles. The topological polar surface area (TPSA) is 0 Å². The van der Waals surface area contributed by atoms with Gasteiger partial charge in [-0.1, -0.05) is 40.5 Å². The van der Waals surface area contributed by atoms with Crippen molar-refractivity contribution >= 4 is 50.3 Å². The fraction of sp³-hybridized carbons (Fsp3) is 0.500. The fourth-order valence-electron chi connectivity index (χ4n) is 0. The van der Waals surface area contributed by atoms with Crippen molar-refractivity contribution in [2.75, 3.05) is 0 Å². The first-order chi connectivity index (χ1) is 2.56. The van der Waals surface area contributed by atoms with Crippen molar-refractivity contribution in [3.63, 3.8) is 0 Å². The zero-order valence-corrected chi connectivity index (χ0v) is 6.60. The van der Waals surface area contributed by atoms with Crippen molar-refractivity contribution in [1.29, 1.82) is 0 Å². The summed E-state index contributed by atoms with van der Waals surface area (Å²) < 4.78 is -1.15. The molecule has 0 spiro atoms. The molecule has 0 atom stereocenters. The van der Waals surface area contributed by atoms with Crippen molar-refractivity contribution in [3.05, 3.63) is 0 Å². The molecule has 0 aromatic carbocycles. The van der Waals surface area contributed by atoms with Gasteiger partial charge in [0.05, 0.1) is 0 Å². The van der Waals surface area contributed by atoms with Crippen LogP contribution in [-0.4, -0.2) is 19.3 Å². The lowest BCUT2D eigenvalue weighted by molar-refractivity contribution is 1.70. The van der Waals surface area contributed by atoms with E-state index in [9.17, 15) is 0 Å². The fourth-order valence-corrected chi connectivity index (χ4v) is 0. The van der Waals surface area contributed by atoms with Gasteiger partial charge in [-0.15, -0.1) is 0 Å². The molecule has 0 saturated carbocycles. The Morgan fingerprint density at radius 1 is 1.33 bits per heavy atom. The second kappa shape index (κ2) is 2.31. The summed E-state index contributed by atoms with van der Waals surface area (Å²) in [6.45, 7) is 0. The first kappa shape index (κ1) is 6.96. The molecule has 0 heterocycles. The maximum absolute atomic E-state index is 5.20. The summed E-state index contributed by atoms with van der Waals surface area (Å²) in [4.78, 5) is 0. The standard InChI is InChI=1S/C2H3Cl3Si/c3-2(4,5)1-6/h1H,6H2. The van der Waals surface area contributed by atoms with Gasteiger partial charge in [-0.05, 0) is 9.85 Å². The van der Waals surface area contributed by atoms with Gasteiger partial charge in [0.2, 0.25) is 3.79 Å². The third-order valence-electron chi connectivity index (χ3n) is 0.231. The predicted molar refractivity (Wildman–Crippen MR) is 34.9 cm³/mol. The van der Waals surface area contributed by atoms with Crippen LogP contribution in [0.5, 0.6) is 0 Å². The molecular weight excluding hydrogens is 158 g/mol. The lowest BCUT2D eigenvalue weighted by Crippen LogP contribution is -2.01. The van der Waals surface area contributed by atoms with Crippen LogP contribution in [-0.2, 0) is 0 Å². The molecule has 4 heteroatoms. The molecule has 0 fully saturated rings. The molecule has 0 aliphatic rings. The summed E-state index contributed by atoms with van der Waals surface area (Å²) in [6, 6.07) is 0. The molecule has 0 aromatic rings. The van der Waals surface area contributed by atoms with Crippen LogP contribution in [0.15, 0.2) is 0 Å². The van der Waals surface area contributed by atoms with Crippen LogP contribution in [0, 0.1) is 0 Å². The van der Waals surface area contributed by atoms with Crippen LogP contribution in [0.2, 0.25) is 0 Å². The Morgan fingerprint density at radius 3 is 1.50 bits per heavy atom. The van der Waals surface area contributed by atoms with Gasteiger partial charge in [0.1, 0.15) is 0 Å². The summed E-state index contributed by atoms with van der Waals surface area (Å²) in [6.07, 6.45) is 0. The highest BCUT2D eigenvalue weighted by Crippen LogP contribution is 2.21. The number of alkyl halides is 3.